The van der Waals surface area contributed by atoms with Crippen molar-refractivity contribution in [3.63, 3.8) is 0 Å². The second-order valence-corrected chi connectivity index (χ2v) is 3.42. The molecule has 94 valence electrons. The molecule has 0 saturated carbocycles. The largest absolute Gasteiger partial charge is 2.00 e. The third-order valence-corrected chi connectivity index (χ3v) is 2.13. The SMILES string of the molecule is Cl.Cl.[C-]1=CC=CC1.[CH2-]C(CC)CCCC.[Ti+2]. The van der Waals surface area contributed by atoms with Gasteiger partial charge in [-0.1, -0.05) is 39.5 Å². The predicted octanol–water partition coefficient (Wildman–Crippen LogP) is 5.18. The fourth-order valence-corrected chi connectivity index (χ4v) is 1.04. The van der Waals surface area contributed by atoms with Gasteiger partial charge in [-0.2, -0.15) is 12.0 Å². The second kappa shape index (κ2) is 21.1. The number of hydrogen-bond donors (Lipinski definition) is 0. The van der Waals surface area contributed by atoms with Gasteiger partial charge in [0, 0.05) is 0 Å². The van der Waals surface area contributed by atoms with Crippen LogP contribution in [0.25, 0.3) is 0 Å². The van der Waals surface area contributed by atoms with Crippen molar-refractivity contribution in [2.75, 3.05) is 0 Å². The third kappa shape index (κ3) is 20.2. The van der Waals surface area contributed by atoms with Gasteiger partial charge in [-0.15, -0.1) is 31.2 Å². The van der Waals surface area contributed by atoms with E-state index in [0.717, 1.165) is 6.42 Å². The van der Waals surface area contributed by atoms with Gasteiger partial charge in [-0.05, 0) is 0 Å². The number of rotatable bonds is 4. The zero-order valence-electron chi connectivity index (χ0n) is 10.4. The molecule has 0 fully saturated rings. The molecule has 1 unspecified atom stereocenters. The molecule has 1 aliphatic carbocycles. The summed E-state index contributed by atoms with van der Waals surface area (Å²) >= 11 is 0. The molecule has 0 aromatic heterocycles. The van der Waals surface area contributed by atoms with Crippen molar-refractivity contribution in [1.82, 2.24) is 0 Å². The zero-order chi connectivity index (χ0) is 9.94. The van der Waals surface area contributed by atoms with E-state index in [4.69, 9.17) is 0 Å². The van der Waals surface area contributed by atoms with E-state index in [1.807, 2.05) is 12.2 Å². The fraction of sp³-hybridized carbons (Fsp3) is 0.615. The molecule has 0 bridgehead atoms. The van der Waals surface area contributed by atoms with Gasteiger partial charge in [-0.3, -0.25) is 6.08 Å². The van der Waals surface area contributed by atoms with Gasteiger partial charge in [0.05, 0.1) is 0 Å². The summed E-state index contributed by atoms with van der Waals surface area (Å²) in [4.78, 5) is 0. The van der Waals surface area contributed by atoms with Crippen LogP contribution >= 0.6 is 24.8 Å². The first-order chi connectivity index (χ1) is 6.31. The molecule has 0 aliphatic heterocycles. The van der Waals surface area contributed by atoms with E-state index < -0.39 is 0 Å². The maximum Gasteiger partial charge on any atom is 2.00 e. The Balaban J connectivity index is -0.0000000798. The zero-order valence-corrected chi connectivity index (χ0v) is 13.6. The van der Waals surface area contributed by atoms with E-state index in [0.29, 0.717) is 5.92 Å². The maximum atomic E-state index is 3.99. The van der Waals surface area contributed by atoms with Crippen LogP contribution in [0, 0.1) is 18.9 Å². The number of halogens is 2. The number of unbranched alkanes of at least 4 members (excludes halogenated alkanes) is 1. The van der Waals surface area contributed by atoms with Gasteiger partial charge >= 0.3 is 21.7 Å². The van der Waals surface area contributed by atoms with Crippen LogP contribution in [0.5, 0.6) is 0 Å². The van der Waals surface area contributed by atoms with E-state index in [2.05, 4.69) is 32.9 Å². The normalized spacial score (nSPS) is 12.4. The van der Waals surface area contributed by atoms with Gasteiger partial charge in [0.2, 0.25) is 0 Å². The van der Waals surface area contributed by atoms with Crippen LogP contribution in [0.15, 0.2) is 18.2 Å². The quantitative estimate of drug-likeness (QED) is 0.495. The number of hydrogen-bond acceptors (Lipinski definition) is 0. The Morgan fingerprint density at radius 1 is 1.31 bits per heavy atom. The molecule has 0 heterocycles. The Morgan fingerprint density at radius 2 is 1.94 bits per heavy atom. The molecule has 0 saturated heterocycles. The molecule has 0 radical (unpaired) electrons. The van der Waals surface area contributed by atoms with E-state index in [-0.39, 0.29) is 46.5 Å². The molecule has 0 spiro atoms. The second-order valence-electron chi connectivity index (χ2n) is 3.42. The van der Waals surface area contributed by atoms with Crippen molar-refractivity contribution >= 4 is 24.8 Å². The van der Waals surface area contributed by atoms with Crippen LogP contribution in [-0.4, -0.2) is 0 Å². The molecule has 16 heavy (non-hydrogen) atoms. The van der Waals surface area contributed by atoms with Crippen molar-refractivity contribution in [3.8, 4) is 0 Å². The average molecular weight is 299 g/mol. The first-order valence-electron chi connectivity index (χ1n) is 5.36. The molecule has 1 atom stereocenters. The van der Waals surface area contributed by atoms with E-state index in [9.17, 15) is 0 Å². The van der Waals surface area contributed by atoms with Gasteiger partial charge < -0.3 is 6.92 Å². The Bertz CT molecular complexity index is 146. The summed E-state index contributed by atoms with van der Waals surface area (Å²) < 4.78 is 0. The molecule has 3 heteroatoms. The van der Waals surface area contributed by atoms with E-state index >= 15 is 0 Å². The van der Waals surface area contributed by atoms with Gasteiger partial charge in [0.1, 0.15) is 0 Å². The number of allylic oxidation sites excluding steroid dienone is 4. The van der Waals surface area contributed by atoms with Crippen LogP contribution in [0.4, 0.5) is 0 Å². The Morgan fingerprint density at radius 3 is 2.19 bits per heavy atom. The molecular weight excluding hydrogens is 275 g/mol. The van der Waals surface area contributed by atoms with Gasteiger partial charge in [0.25, 0.3) is 0 Å². The third-order valence-electron chi connectivity index (χ3n) is 2.13. The van der Waals surface area contributed by atoms with Gasteiger partial charge in [-0.25, -0.2) is 12.2 Å². The molecule has 0 N–H and O–H groups in total. The van der Waals surface area contributed by atoms with Crippen molar-refractivity contribution in [1.29, 1.82) is 0 Å². The minimum Gasteiger partial charge on any atom is -0.340 e. The first kappa shape index (κ1) is 25.6. The van der Waals surface area contributed by atoms with Crippen molar-refractivity contribution in [3.05, 3.63) is 31.2 Å². The predicted molar refractivity (Wildman–Crippen MR) is 74.7 cm³/mol. The van der Waals surface area contributed by atoms with Crippen molar-refractivity contribution < 1.29 is 21.7 Å². The molecule has 0 amide bonds. The Labute approximate surface area is 129 Å². The fourth-order valence-electron chi connectivity index (χ4n) is 1.04. The van der Waals surface area contributed by atoms with Crippen LogP contribution < -0.4 is 0 Å². The van der Waals surface area contributed by atoms with Crippen LogP contribution in [0.3, 0.4) is 0 Å². The van der Waals surface area contributed by atoms with Crippen LogP contribution in [0.1, 0.15) is 46.0 Å². The molecule has 1 aliphatic rings. The summed E-state index contributed by atoms with van der Waals surface area (Å²) in [5.41, 5.74) is 0. The summed E-state index contributed by atoms with van der Waals surface area (Å²) in [6.45, 7) is 8.42. The molecule has 0 aromatic carbocycles. The average Bonchev–Trinajstić information content (AvgIpc) is 2.72. The first-order valence-corrected chi connectivity index (χ1v) is 5.36. The van der Waals surface area contributed by atoms with E-state index in [1.165, 1.54) is 25.7 Å². The molecular formula is C13H24Cl2Ti. The summed E-state index contributed by atoms with van der Waals surface area (Å²) in [5.74, 6) is 0.704. The molecule has 0 nitrogen and oxygen atoms in total. The molecule has 0 aromatic rings. The minimum absolute atomic E-state index is 0. The smallest absolute Gasteiger partial charge is 0.340 e. The van der Waals surface area contributed by atoms with Crippen LogP contribution in [0.2, 0.25) is 0 Å². The summed E-state index contributed by atoms with van der Waals surface area (Å²) in [6.07, 6.45) is 15.2. The van der Waals surface area contributed by atoms with Crippen molar-refractivity contribution in [2.24, 2.45) is 5.92 Å². The Kier molecular flexibility index (Phi) is 33.7. The van der Waals surface area contributed by atoms with Crippen molar-refractivity contribution in [2.45, 2.75) is 46.0 Å². The standard InChI is InChI=1S/C8H17.C5H5.2ClH.Ti/c1-4-6-7-8(3)5-2;1-2-4-5-3-1;;;/h8H,3-7H2,1-2H3;1-3H,4H2;2*1H;/q2*-1;;;+2. The Hall–Kier alpha value is 0.774. The maximum absolute atomic E-state index is 3.99. The minimum atomic E-state index is 0. The monoisotopic (exact) mass is 298 g/mol. The van der Waals surface area contributed by atoms with E-state index in [1.54, 1.807) is 0 Å². The summed E-state index contributed by atoms with van der Waals surface area (Å²) in [6, 6.07) is 0. The summed E-state index contributed by atoms with van der Waals surface area (Å²) in [7, 11) is 0. The molecule has 1 rings (SSSR count). The van der Waals surface area contributed by atoms with Gasteiger partial charge in [0.15, 0.2) is 0 Å². The summed E-state index contributed by atoms with van der Waals surface area (Å²) in [5, 5.41) is 0. The topological polar surface area (TPSA) is 0 Å². The van der Waals surface area contributed by atoms with Crippen LogP contribution in [-0.2, 0) is 21.7 Å².